The Kier molecular flexibility index (Phi) is 6.06. The number of phenols is 1. The molecule has 5 heteroatoms. The van der Waals surface area contributed by atoms with Crippen LogP contribution in [0.2, 0.25) is 0 Å². The van der Waals surface area contributed by atoms with Crippen LogP contribution in [0.15, 0.2) is 23.2 Å². The molecule has 0 aromatic heterocycles. The predicted molar refractivity (Wildman–Crippen MR) is 69.0 cm³/mol. The Labute approximate surface area is 101 Å². The van der Waals surface area contributed by atoms with Gasteiger partial charge in [0.2, 0.25) is 0 Å². The van der Waals surface area contributed by atoms with Crippen molar-refractivity contribution in [3.05, 3.63) is 23.8 Å². The number of aromatic hydroxyl groups is 1. The molecule has 0 saturated heterocycles. The minimum absolute atomic E-state index is 0.119. The van der Waals surface area contributed by atoms with Crippen LogP contribution in [0.5, 0.6) is 11.5 Å². The van der Waals surface area contributed by atoms with E-state index in [9.17, 15) is 5.11 Å². The monoisotopic (exact) mass is 237 g/mol. The average Bonchev–Trinajstić information content (AvgIpc) is 2.35. The summed E-state index contributed by atoms with van der Waals surface area (Å²) in [4.78, 5) is 4.21. The summed E-state index contributed by atoms with van der Waals surface area (Å²) >= 11 is 0. The number of hydrogen-bond acceptors (Lipinski definition) is 5. The molecule has 0 amide bonds. The van der Waals surface area contributed by atoms with Crippen molar-refractivity contribution in [2.24, 2.45) is 10.7 Å². The maximum atomic E-state index is 9.78. The van der Waals surface area contributed by atoms with Crippen molar-refractivity contribution < 1.29 is 9.84 Å². The number of hydrogen-bond donors (Lipinski definition) is 3. The van der Waals surface area contributed by atoms with Gasteiger partial charge in [0.25, 0.3) is 0 Å². The summed E-state index contributed by atoms with van der Waals surface area (Å²) in [7, 11) is 1.52. The lowest BCUT2D eigenvalue weighted by atomic mass is 10.2. The summed E-state index contributed by atoms with van der Waals surface area (Å²) in [6, 6.07) is 5.30. The first-order valence-electron chi connectivity index (χ1n) is 5.56. The van der Waals surface area contributed by atoms with Gasteiger partial charge in [0, 0.05) is 31.4 Å². The van der Waals surface area contributed by atoms with Gasteiger partial charge in [-0.1, -0.05) is 6.07 Å². The Morgan fingerprint density at radius 2 is 2.29 bits per heavy atom. The molecular weight excluding hydrogens is 218 g/mol. The molecule has 5 nitrogen and oxygen atoms in total. The predicted octanol–water partition coefficient (Wildman–Crippen LogP) is 0.368. The Bertz CT molecular complexity index is 367. The first kappa shape index (κ1) is 13.5. The fourth-order valence-corrected chi connectivity index (χ4v) is 1.34. The van der Waals surface area contributed by atoms with Crippen molar-refractivity contribution in [1.29, 1.82) is 0 Å². The van der Waals surface area contributed by atoms with Gasteiger partial charge in [0.1, 0.15) is 0 Å². The molecule has 1 aromatic carbocycles. The zero-order valence-corrected chi connectivity index (χ0v) is 10.0. The van der Waals surface area contributed by atoms with Gasteiger partial charge in [-0.15, -0.1) is 0 Å². The van der Waals surface area contributed by atoms with Crippen LogP contribution in [0.1, 0.15) is 5.56 Å². The highest BCUT2D eigenvalue weighted by atomic mass is 16.5. The number of nitrogens with zero attached hydrogens (tertiary/aromatic N) is 1. The van der Waals surface area contributed by atoms with Gasteiger partial charge in [-0.3, -0.25) is 4.99 Å². The van der Waals surface area contributed by atoms with E-state index in [1.54, 1.807) is 18.3 Å². The first-order chi connectivity index (χ1) is 8.29. The average molecular weight is 237 g/mol. The largest absolute Gasteiger partial charge is 0.504 e. The molecule has 1 rings (SSSR count). The number of rotatable bonds is 7. The van der Waals surface area contributed by atoms with E-state index in [0.717, 1.165) is 13.1 Å². The highest BCUT2D eigenvalue weighted by molar-refractivity contribution is 5.84. The molecule has 0 aliphatic rings. The molecular formula is C12H19N3O2. The first-order valence-corrected chi connectivity index (χ1v) is 5.56. The van der Waals surface area contributed by atoms with E-state index in [1.807, 2.05) is 6.07 Å². The highest BCUT2D eigenvalue weighted by Gasteiger charge is 2.03. The maximum Gasteiger partial charge on any atom is 0.166 e. The lowest BCUT2D eigenvalue weighted by molar-refractivity contribution is 0.373. The molecule has 4 N–H and O–H groups in total. The topological polar surface area (TPSA) is 79.9 Å². The quantitative estimate of drug-likeness (QED) is 0.473. The van der Waals surface area contributed by atoms with Crippen molar-refractivity contribution in [1.82, 2.24) is 5.32 Å². The van der Waals surface area contributed by atoms with Crippen LogP contribution in [-0.2, 0) is 0 Å². The number of ether oxygens (including phenoxy) is 1. The van der Waals surface area contributed by atoms with Crippen molar-refractivity contribution in [2.75, 3.05) is 33.3 Å². The summed E-state index contributed by atoms with van der Waals surface area (Å²) in [6.45, 7) is 2.84. The Morgan fingerprint density at radius 1 is 1.47 bits per heavy atom. The number of para-hydroxylation sites is 1. The zero-order chi connectivity index (χ0) is 12.5. The molecule has 94 valence electrons. The standard InChI is InChI=1S/C12H19N3O2/c1-17-11-4-2-3-10(12(11)16)9-15-8-7-14-6-5-13/h2-4,9,14,16H,5-8,13H2,1H3. The number of aliphatic imine (C=N–C) groups is 1. The minimum atomic E-state index is 0.119. The van der Waals surface area contributed by atoms with E-state index < -0.39 is 0 Å². The molecule has 0 aliphatic heterocycles. The van der Waals surface area contributed by atoms with E-state index in [1.165, 1.54) is 7.11 Å². The molecule has 17 heavy (non-hydrogen) atoms. The molecule has 0 bridgehead atoms. The number of nitrogens with one attached hydrogen (secondary N) is 1. The number of phenolic OH excluding ortho intramolecular Hbond substituents is 1. The normalized spacial score (nSPS) is 10.9. The van der Waals surface area contributed by atoms with Crippen LogP contribution in [0.25, 0.3) is 0 Å². The third-order valence-corrected chi connectivity index (χ3v) is 2.22. The molecule has 0 aliphatic carbocycles. The second-order valence-corrected chi connectivity index (χ2v) is 3.47. The molecule has 0 spiro atoms. The third kappa shape index (κ3) is 4.42. The van der Waals surface area contributed by atoms with Gasteiger partial charge in [-0.2, -0.15) is 0 Å². The summed E-state index contributed by atoms with van der Waals surface area (Å²) < 4.78 is 5.01. The Morgan fingerprint density at radius 3 is 3.00 bits per heavy atom. The summed E-state index contributed by atoms with van der Waals surface area (Å²) in [6.07, 6.45) is 1.64. The smallest absolute Gasteiger partial charge is 0.166 e. The van der Waals surface area contributed by atoms with E-state index in [2.05, 4.69) is 10.3 Å². The molecule has 0 atom stereocenters. The SMILES string of the molecule is COc1cccc(C=NCCNCCN)c1O. The highest BCUT2D eigenvalue weighted by Crippen LogP contribution is 2.27. The number of nitrogens with two attached hydrogens (primary N) is 1. The fourth-order valence-electron chi connectivity index (χ4n) is 1.34. The lowest BCUT2D eigenvalue weighted by Crippen LogP contribution is -2.24. The van der Waals surface area contributed by atoms with Crippen LogP contribution in [0, 0.1) is 0 Å². The molecule has 1 aromatic rings. The van der Waals surface area contributed by atoms with Crippen molar-refractivity contribution >= 4 is 6.21 Å². The molecule has 0 heterocycles. The third-order valence-electron chi connectivity index (χ3n) is 2.22. The van der Waals surface area contributed by atoms with Crippen LogP contribution >= 0.6 is 0 Å². The fraction of sp³-hybridized carbons (Fsp3) is 0.417. The van der Waals surface area contributed by atoms with Gasteiger partial charge in [-0.05, 0) is 12.1 Å². The molecule has 0 fully saturated rings. The molecule has 0 saturated carbocycles. The van der Waals surface area contributed by atoms with E-state index in [-0.39, 0.29) is 5.75 Å². The van der Waals surface area contributed by atoms with Crippen molar-refractivity contribution in [2.45, 2.75) is 0 Å². The van der Waals surface area contributed by atoms with Crippen LogP contribution in [0.3, 0.4) is 0 Å². The van der Waals surface area contributed by atoms with Crippen molar-refractivity contribution in [3.8, 4) is 11.5 Å². The van der Waals surface area contributed by atoms with Gasteiger partial charge < -0.3 is 20.9 Å². The zero-order valence-electron chi connectivity index (χ0n) is 10.0. The van der Waals surface area contributed by atoms with E-state index in [0.29, 0.717) is 24.4 Å². The summed E-state index contributed by atoms with van der Waals surface area (Å²) in [5.74, 6) is 0.573. The molecule has 0 radical (unpaired) electrons. The Balaban J connectivity index is 2.48. The van der Waals surface area contributed by atoms with Gasteiger partial charge >= 0.3 is 0 Å². The van der Waals surface area contributed by atoms with E-state index >= 15 is 0 Å². The second kappa shape index (κ2) is 7.65. The Hall–Kier alpha value is -1.59. The van der Waals surface area contributed by atoms with Gasteiger partial charge in [0.15, 0.2) is 11.5 Å². The van der Waals surface area contributed by atoms with Gasteiger partial charge in [-0.25, -0.2) is 0 Å². The number of methoxy groups -OCH3 is 1. The van der Waals surface area contributed by atoms with Crippen LogP contribution < -0.4 is 15.8 Å². The summed E-state index contributed by atoms with van der Waals surface area (Å²) in [5.41, 5.74) is 5.99. The maximum absolute atomic E-state index is 9.78. The molecule has 0 unspecified atom stereocenters. The minimum Gasteiger partial charge on any atom is -0.504 e. The summed E-state index contributed by atoms with van der Waals surface area (Å²) in [5, 5.41) is 12.9. The lowest BCUT2D eigenvalue weighted by Gasteiger charge is -2.04. The van der Waals surface area contributed by atoms with Gasteiger partial charge in [0.05, 0.1) is 13.7 Å². The van der Waals surface area contributed by atoms with Crippen LogP contribution in [0.4, 0.5) is 0 Å². The number of benzene rings is 1. The van der Waals surface area contributed by atoms with Crippen LogP contribution in [-0.4, -0.2) is 44.6 Å². The second-order valence-electron chi connectivity index (χ2n) is 3.47. The van der Waals surface area contributed by atoms with E-state index in [4.69, 9.17) is 10.5 Å². The van der Waals surface area contributed by atoms with Crippen molar-refractivity contribution in [3.63, 3.8) is 0 Å².